The van der Waals surface area contributed by atoms with Crippen LogP contribution in [0.3, 0.4) is 0 Å². The second-order valence-electron chi connectivity index (χ2n) is 4.42. The van der Waals surface area contributed by atoms with Gasteiger partial charge in [-0.2, -0.15) is 0 Å². The van der Waals surface area contributed by atoms with E-state index < -0.39 is 0 Å². The van der Waals surface area contributed by atoms with Crippen LogP contribution in [0.15, 0.2) is 30.3 Å². The Hall–Kier alpha value is -1.39. The molecule has 2 aliphatic rings. The topological polar surface area (TPSA) is 43.8 Å². The van der Waals surface area contributed by atoms with E-state index in [0.29, 0.717) is 19.6 Å². The third-order valence-electron chi connectivity index (χ3n) is 3.32. The fraction of sp³-hybridized carbons (Fsp3) is 0.417. The van der Waals surface area contributed by atoms with Crippen molar-refractivity contribution in [2.75, 3.05) is 18.1 Å². The molecular formula is C12H14N2O2. The van der Waals surface area contributed by atoms with E-state index in [1.54, 1.807) is 4.90 Å². The quantitative estimate of drug-likeness (QED) is 0.743. The highest BCUT2D eigenvalue weighted by molar-refractivity contribution is 5.99. The highest BCUT2D eigenvalue weighted by Crippen LogP contribution is 2.29. The van der Waals surface area contributed by atoms with E-state index in [2.05, 4.69) is 0 Å². The van der Waals surface area contributed by atoms with Crippen LogP contribution >= 0.6 is 0 Å². The number of carbonyl (C=O) groups is 1. The molecule has 0 radical (unpaired) electrons. The molecule has 1 N–H and O–H groups in total. The molecule has 0 unspecified atom stereocenters. The lowest BCUT2D eigenvalue weighted by Crippen LogP contribution is -2.30. The predicted molar refractivity (Wildman–Crippen MR) is 59.9 cm³/mol. The van der Waals surface area contributed by atoms with E-state index in [1.165, 1.54) is 0 Å². The van der Waals surface area contributed by atoms with Gasteiger partial charge < -0.3 is 5.11 Å². The smallest absolute Gasteiger partial charge is 0.245 e. The van der Waals surface area contributed by atoms with Crippen LogP contribution in [0.5, 0.6) is 0 Å². The lowest BCUT2D eigenvalue weighted by atomic mass is 10.2. The van der Waals surface area contributed by atoms with Crippen LogP contribution in [0.4, 0.5) is 5.69 Å². The second kappa shape index (κ2) is 3.57. The third-order valence-corrected chi connectivity index (χ3v) is 3.32. The van der Waals surface area contributed by atoms with Crippen LogP contribution < -0.4 is 4.90 Å². The molecule has 1 aromatic rings. The number of para-hydroxylation sites is 1. The Kier molecular flexibility index (Phi) is 2.19. The summed E-state index contributed by atoms with van der Waals surface area (Å²) < 4.78 is 0. The lowest BCUT2D eigenvalue weighted by molar-refractivity contribution is -0.119. The molecule has 84 valence electrons. The van der Waals surface area contributed by atoms with Crippen LogP contribution in [-0.2, 0) is 4.79 Å². The molecule has 1 amide bonds. The number of fused-ring (bicyclic) bond motifs is 1. The Morgan fingerprint density at radius 3 is 2.69 bits per heavy atom. The SMILES string of the molecule is O=C1[C@@H]2C[C@@H](O)CN2CN1c1ccccc1. The molecule has 0 bridgehead atoms. The number of benzene rings is 1. The van der Waals surface area contributed by atoms with Gasteiger partial charge in [-0.3, -0.25) is 14.6 Å². The van der Waals surface area contributed by atoms with Crippen molar-refractivity contribution < 1.29 is 9.90 Å². The molecule has 16 heavy (non-hydrogen) atoms. The Morgan fingerprint density at radius 2 is 2.00 bits per heavy atom. The first-order chi connectivity index (χ1) is 7.75. The van der Waals surface area contributed by atoms with Gasteiger partial charge in [-0.15, -0.1) is 0 Å². The van der Waals surface area contributed by atoms with E-state index in [1.807, 2.05) is 35.2 Å². The molecule has 0 aliphatic carbocycles. The molecule has 0 spiro atoms. The summed E-state index contributed by atoms with van der Waals surface area (Å²) in [4.78, 5) is 15.9. The minimum absolute atomic E-state index is 0.114. The summed E-state index contributed by atoms with van der Waals surface area (Å²) >= 11 is 0. The molecule has 2 heterocycles. The average Bonchev–Trinajstić information content (AvgIpc) is 2.79. The zero-order chi connectivity index (χ0) is 11.1. The van der Waals surface area contributed by atoms with Gasteiger partial charge in [0, 0.05) is 12.2 Å². The Bertz CT molecular complexity index is 407. The van der Waals surface area contributed by atoms with Crippen LogP contribution in [-0.4, -0.2) is 41.3 Å². The number of amides is 1. The highest BCUT2D eigenvalue weighted by atomic mass is 16.3. The number of rotatable bonds is 1. The molecule has 0 saturated carbocycles. The maximum Gasteiger partial charge on any atom is 0.245 e. The van der Waals surface area contributed by atoms with E-state index >= 15 is 0 Å². The van der Waals surface area contributed by atoms with Gasteiger partial charge in [0.1, 0.15) is 0 Å². The van der Waals surface area contributed by atoms with Crippen molar-refractivity contribution in [1.29, 1.82) is 0 Å². The molecule has 4 nitrogen and oxygen atoms in total. The summed E-state index contributed by atoms with van der Waals surface area (Å²) in [5, 5.41) is 9.50. The van der Waals surface area contributed by atoms with Crippen molar-refractivity contribution in [2.24, 2.45) is 0 Å². The number of nitrogens with zero attached hydrogens (tertiary/aromatic N) is 2. The van der Waals surface area contributed by atoms with Crippen molar-refractivity contribution in [3.8, 4) is 0 Å². The number of aliphatic hydroxyl groups is 1. The van der Waals surface area contributed by atoms with Gasteiger partial charge in [0.15, 0.2) is 0 Å². The second-order valence-corrected chi connectivity index (χ2v) is 4.42. The number of hydrogen-bond acceptors (Lipinski definition) is 3. The maximum absolute atomic E-state index is 12.1. The lowest BCUT2D eigenvalue weighted by Gasteiger charge is -2.17. The van der Waals surface area contributed by atoms with E-state index in [9.17, 15) is 9.90 Å². The summed E-state index contributed by atoms with van der Waals surface area (Å²) in [6.45, 7) is 1.21. The minimum atomic E-state index is -0.341. The fourth-order valence-electron chi connectivity index (χ4n) is 2.54. The zero-order valence-electron chi connectivity index (χ0n) is 8.91. The molecule has 2 atom stereocenters. The van der Waals surface area contributed by atoms with E-state index in [-0.39, 0.29) is 18.1 Å². The first kappa shape index (κ1) is 9.81. The fourth-order valence-corrected chi connectivity index (χ4v) is 2.54. The van der Waals surface area contributed by atoms with Crippen molar-refractivity contribution in [3.05, 3.63) is 30.3 Å². The molecular weight excluding hydrogens is 204 g/mol. The van der Waals surface area contributed by atoms with E-state index in [4.69, 9.17) is 0 Å². The molecule has 2 saturated heterocycles. The zero-order valence-corrected chi connectivity index (χ0v) is 8.91. The van der Waals surface area contributed by atoms with Gasteiger partial charge >= 0.3 is 0 Å². The molecule has 2 aliphatic heterocycles. The van der Waals surface area contributed by atoms with Crippen LogP contribution in [0, 0.1) is 0 Å². The number of aliphatic hydroxyl groups excluding tert-OH is 1. The number of hydrogen-bond donors (Lipinski definition) is 1. The molecule has 3 rings (SSSR count). The average molecular weight is 218 g/mol. The normalized spacial score (nSPS) is 29.8. The first-order valence-electron chi connectivity index (χ1n) is 5.54. The molecule has 4 heteroatoms. The van der Waals surface area contributed by atoms with Gasteiger partial charge in [0.05, 0.1) is 18.8 Å². The van der Waals surface area contributed by atoms with Gasteiger partial charge in [0.2, 0.25) is 5.91 Å². The first-order valence-corrected chi connectivity index (χ1v) is 5.54. The van der Waals surface area contributed by atoms with Gasteiger partial charge in [-0.05, 0) is 18.6 Å². The highest BCUT2D eigenvalue weighted by Gasteiger charge is 2.44. The van der Waals surface area contributed by atoms with Crippen LogP contribution in [0.2, 0.25) is 0 Å². The molecule has 2 fully saturated rings. The molecule has 1 aromatic carbocycles. The minimum Gasteiger partial charge on any atom is -0.392 e. The summed E-state index contributed by atoms with van der Waals surface area (Å²) in [5.41, 5.74) is 0.941. The van der Waals surface area contributed by atoms with Crippen LogP contribution in [0.25, 0.3) is 0 Å². The Morgan fingerprint density at radius 1 is 1.25 bits per heavy atom. The summed E-state index contributed by atoms with van der Waals surface area (Å²) in [5.74, 6) is 0.114. The van der Waals surface area contributed by atoms with Crippen molar-refractivity contribution in [2.45, 2.75) is 18.6 Å². The van der Waals surface area contributed by atoms with E-state index in [0.717, 1.165) is 5.69 Å². The van der Waals surface area contributed by atoms with Gasteiger partial charge in [-0.25, -0.2) is 0 Å². The molecule has 0 aromatic heterocycles. The monoisotopic (exact) mass is 218 g/mol. The Balaban J connectivity index is 1.84. The van der Waals surface area contributed by atoms with Crippen LogP contribution in [0.1, 0.15) is 6.42 Å². The van der Waals surface area contributed by atoms with Crippen molar-refractivity contribution in [3.63, 3.8) is 0 Å². The van der Waals surface area contributed by atoms with Crippen molar-refractivity contribution >= 4 is 11.6 Å². The van der Waals surface area contributed by atoms with Crippen molar-refractivity contribution in [1.82, 2.24) is 4.90 Å². The standard InChI is InChI=1S/C12H14N2O2/c15-10-6-11-12(16)14(8-13(11)7-10)9-4-2-1-3-5-9/h1-5,10-11,15H,6-8H2/t10-,11+/m1/s1. The summed E-state index contributed by atoms with van der Waals surface area (Å²) in [6, 6.07) is 9.57. The summed E-state index contributed by atoms with van der Waals surface area (Å²) in [7, 11) is 0. The summed E-state index contributed by atoms with van der Waals surface area (Å²) in [6.07, 6.45) is 0.231. The van der Waals surface area contributed by atoms with Gasteiger partial charge in [-0.1, -0.05) is 18.2 Å². The number of anilines is 1. The maximum atomic E-state index is 12.1. The number of carbonyl (C=O) groups excluding carboxylic acids is 1. The largest absolute Gasteiger partial charge is 0.392 e. The van der Waals surface area contributed by atoms with Gasteiger partial charge in [0.25, 0.3) is 0 Å². The predicted octanol–water partition coefficient (Wildman–Crippen LogP) is 0.426. The third kappa shape index (κ3) is 1.42. The Labute approximate surface area is 94.1 Å².